The number of benzene rings is 1. The predicted molar refractivity (Wildman–Crippen MR) is 79.4 cm³/mol. The number of carbonyl (C=O) groups is 1. The lowest BCUT2D eigenvalue weighted by Gasteiger charge is -2.16. The molecule has 0 spiro atoms. The summed E-state index contributed by atoms with van der Waals surface area (Å²) < 4.78 is 7.47. The number of methoxy groups -OCH3 is 1. The molecule has 0 saturated heterocycles. The molecule has 0 aliphatic heterocycles. The summed E-state index contributed by atoms with van der Waals surface area (Å²) in [5, 5.41) is 10.2. The molecule has 0 aliphatic carbocycles. The molecular formula is C16H21NO3. The van der Waals surface area contributed by atoms with Gasteiger partial charge in [0.2, 0.25) is 0 Å². The lowest BCUT2D eigenvalue weighted by atomic mass is 10.1. The van der Waals surface area contributed by atoms with Crippen molar-refractivity contribution in [3.63, 3.8) is 0 Å². The molecule has 0 radical (unpaired) electrons. The Hall–Kier alpha value is -1.97. The number of rotatable bonds is 5. The third-order valence-electron chi connectivity index (χ3n) is 3.58. The Kier molecular flexibility index (Phi) is 4.02. The van der Waals surface area contributed by atoms with Crippen LogP contribution in [0.2, 0.25) is 0 Å². The average Bonchev–Trinajstić information content (AvgIpc) is 2.75. The molecule has 1 aromatic carbocycles. The van der Waals surface area contributed by atoms with Gasteiger partial charge in [-0.25, -0.2) is 0 Å². The van der Waals surface area contributed by atoms with Gasteiger partial charge in [-0.15, -0.1) is 0 Å². The summed E-state index contributed by atoms with van der Waals surface area (Å²) >= 11 is 0. The molecule has 4 heteroatoms. The zero-order valence-corrected chi connectivity index (χ0v) is 12.4. The second kappa shape index (κ2) is 5.57. The molecule has 0 saturated carbocycles. The molecule has 4 nitrogen and oxygen atoms in total. The van der Waals surface area contributed by atoms with Gasteiger partial charge in [-0.05, 0) is 32.0 Å². The lowest BCUT2D eigenvalue weighted by Crippen LogP contribution is -2.15. The number of ether oxygens (including phenoxy) is 1. The van der Waals surface area contributed by atoms with Crippen LogP contribution in [0.15, 0.2) is 24.3 Å². The SMILES string of the molecule is COc1ccc2cc(CC(C)C(=O)O)n(C(C)C)c2c1. The monoisotopic (exact) mass is 275 g/mol. The molecule has 0 amide bonds. The van der Waals surface area contributed by atoms with E-state index in [-0.39, 0.29) is 6.04 Å². The van der Waals surface area contributed by atoms with Crippen molar-refractivity contribution in [2.75, 3.05) is 7.11 Å². The van der Waals surface area contributed by atoms with E-state index >= 15 is 0 Å². The molecule has 0 aliphatic rings. The molecule has 108 valence electrons. The largest absolute Gasteiger partial charge is 0.497 e. The van der Waals surface area contributed by atoms with Gasteiger partial charge in [-0.2, -0.15) is 0 Å². The molecular weight excluding hydrogens is 254 g/mol. The second-order valence-corrected chi connectivity index (χ2v) is 5.47. The first kappa shape index (κ1) is 14.4. The summed E-state index contributed by atoms with van der Waals surface area (Å²) in [4.78, 5) is 11.1. The Morgan fingerprint density at radius 2 is 2.00 bits per heavy atom. The van der Waals surface area contributed by atoms with Gasteiger partial charge in [0.05, 0.1) is 18.5 Å². The minimum atomic E-state index is -0.761. The highest BCUT2D eigenvalue weighted by Crippen LogP contribution is 2.29. The van der Waals surface area contributed by atoms with Gasteiger partial charge in [0.1, 0.15) is 5.75 Å². The fourth-order valence-corrected chi connectivity index (χ4v) is 2.55. The number of hydrogen-bond acceptors (Lipinski definition) is 2. The number of carboxylic acid groups (broad SMARTS) is 1. The fraction of sp³-hybridized carbons (Fsp3) is 0.438. The van der Waals surface area contributed by atoms with Crippen molar-refractivity contribution in [2.24, 2.45) is 5.92 Å². The Bertz CT molecular complexity index is 628. The first-order valence-electron chi connectivity index (χ1n) is 6.84. The number of hydrogen-bond donors (Lipinski definition) is 1. The molecule has 2 rings (SSSR count). The van der Waals surface area contributed by atoms with E-state index in [4.69, 9.17) is 9.84 Å². The van der Waals surface area contributed by atoms with Gasteiger partial charge in [-0.3, -0.25) is 4.79 Å². The predicted octanol–water partition coefficient (Wildman–Crippen LogP) is 3.49. The van der Waals surface area contributed by atoms with Crippen molar-refractivity contribution in [1.82, 2.24) is 4.57 Å². The normalized spacial score (nSPS) is 12.8. The van der Waals surface area contributed by atoms with Crippen molar-refractivity contribution in [2.45, 2.75) is 33.2 Å². The Morgan fingerprint density at radius 3 is 2.55 bits per heavy atom. The standard InChI is InChI=1S/C16H21NO3/c1-10(2)17-13(7-11(3)16(18)19)8-12-5-6-14(20-4)9-15(12)17/h5-6,8-11H,7H2,1-4H3,(H,18,19). The third kappa shape index (κ3) is 2.64. The zero-order chi connectivity index (χ0) is 14.9. The maximum absolute atomic E-state index is 11.1. The fourth-order valence-electron chi connectivity index (χ4n) is 2.55. The van der Waals surface area contributed by atoms with Crippen LogP contribution in [-0.4, -0.2) is 22.8 Å². The Balaban J connectivity index is 2.53. The van der Waals surface area contributed by atoms with Crippen LogP contribution in [0.1, 0.15) is 32.5 Å². The number of nitrogens with zero attached hydrogens (tertiary/aromatic N) is 1. The second-order valence-electron chi connectivity index (χ2n) is 5.47. The maximum atomic E-state index is 11.1. The van der Waals surface area contributed by atoms with Crippen molar-refractivity contribution >= 4 is 16.9 Å². The van der Waals surface area contributed by atoms with Crippen LogP contribution < -0.4 is 4.74 Å². The first-order valence-corrected chi connectivity index (χ1v) is 6.84. The van der Waals surface area contributed by atoms with E-state index in [1.807, 2.05) is 18.2 Å². The van der Waals surface area contributed by atoms with Gasteiger partial charge in [0.15, 0.2) is 0 Å². The van der Waals surface area contributed by atoms with Crippen LogP contribution in [0.5, 0.6) is 5.75 Å². The van der Waals surface area contributed by atoms with Crippen LogP contribution in [0.25, 0.3) is 10.9 Å². The van der Waals surface area contributed by atoms with Crippen LogP contribution >= 0.6 is 0 Å². The lowest BCUT2D eigenvalue weighted by molar-refractivity contribution is -0.141. The molecule has 1 heterocycles. The van der Waals surface area contributed by atoms with Gasteiger partial charge < -0.3 is 14.4 Å². The topological polar surface area (TPSA) is 51.5 Å². The van der Waals surface area contributed by atoms with E-state index in [2.05, 4.69) is 24.5 Å². The van der Waals surface area contributed by atoms with E-state index in [9.17, 15) is 4.79 Å². The molecule has 1 N–H and O–H groups in total. The van der Waals surface area contributed by atoms with Crippen LogP contribution in [-0.2, 0) is 11.2 Å². The first-order chi connectivity index (χ1) is 9.43. The van der Waals surface area contributed by atoms with Crippen molar-refractivity contribution in [3.8, 4) is 5.75 Å². The van der Waals surface area contributed by atoms with Crippen molar-refractivity contribution < 1.29 is 14.6 Å². The van der Waals surface area contributed by atoms with Gasteiger partial charge >= 0.3 is 5.97 Å². The molecule has 2 aromatic rings. The third-order valence-corrected chi connectivity index (χ3v) is 3.58. The zero-order valence-electron chi connectivity index (χ0n) is 12.4. The number of carboxylic acids is 1. The summed E-state index contributed by atoms with van der Waals surface area (Å²) in [6.45, 7) is 5.95. The maximum Gasteiger partial charge on any atom is 0.306 e. The van der Waals surface area contributed by atoms with Crippen molar-refractivity contribution in [3.05, 3.63) is 30.0 Å². The van der Waals surface area contributed by atoms with Crippen LogP contribution in [0.4, 0.5) is 0 Å². The quantitative estimate of drug-likeness (QED) is 0.908. The van der Waals surface area contributed by atoms with E-state index in [1.165, 1.54) is 0 Å². The smallest absolute Gasteiger partial charge is 0.306 e. The summed E-state index contributed by atoms with van der Waals surface area (Å²) in [7, 11) is 1.65. The minimum Gasteiger partial charge on any atom is -0.497 e. The summed E-state index contributed by atoms with van der Waals surface area (Å²) in [6.07, 6.45) is 0.532. The number of fused-ring (bicyclic) bond motifs is 1. The molecule has 0 bridgehead atoms. The van der Waals surface area contributed by atoms with E-state index in [1.54, 1.807) is 14.0 Å². The van der Waals surface area contributed by atoms with Gasteiger partial charge in [-0.1, -0.05) is 6.92 Å². The van der Waals surface area contributed by atoms with Crippen molar-refractivity contribution in [1.29, 1.82) is 0 Å². The van der Waals surface area contributed by atoms with E-state index in [0.717, 1.165) is 22.3 Å². The highest BCUT2D eigenvalue weighted by atomic mass is 16.5. The number of aliphatic carboxylic acids is 1. The summed E-state index contributed by atoms with van der Waals surface area (Å²) in [6, 6.07) is 8.30. The van der Waals surface area contributed by atoms with Crippen LogP contribution in [0, 0.1) is 5.92 Å². The molecule has 1 unspecified atom stereocenters. The average molecular weight is 275 g/mol. The Morgan fingerprint density at radius 1 is 1.30 bits per heavy atom. The van der Waals surface area contributed by atoms with Gasteiger partial charge in [0, 0.05) is 29.6 Å². The minimum absolute atomic E-state index is 0.274. The number of aromatic nitrogens is 1. The molecule has 1 aromatic heterocycles. The highest BCUT2D eigenvalue weighted by molar-refractivity contribution is 5.83. The molecule has 0 fully saturated rings. The molecule has 1 atom stereocenters. The molecule has 20 heavy (non-hydrogen) atoms. The summed E-state index contributed by atoms with van der Waals surface area (Å²) in [5.74, 6) is -0.336. The van der Waals surface area contributed by atoms with Crippen LogP contribution in [0.3, 0.4) is 0 Å². The Labute approximate surface area is 119 Å². The van der Waals surface area contributed by atoms with Gasteiger partial charge in [0.25, 0.3) is 0 Å². The summed E-state index contributed by atoms with van der Waals surface area (Å²) in [5.41, 5.74) is 2.14. The van der Waals surface area contributed by atoms with E-state index in [0.29, 0.717) is 6.42 Å². The highest BCUT2D eigenvalue weighted by Gasteiger charge is 2.18. The van der Waals surface area contributed by atoms with E-state index < -0.39 is 11.9 Å².